The van der Waals surface area contributed by atoms with E-state index in [-0.39, 0.29) is 6.10 Å². The summed E-state index contributed by atoms with van der Waals surface area (Å²) in [5.41, 5.74) is 2.02. The third-order valence-electron chi connectivity index (χ3n) is 5.14. The van der Waals surface area contributed by atoms with Gasteiger partial charge >= 0.3 is 12.1 Å². The quantitative estimate of drug-likeness (QED) is 0.348. The van der Waals surface area contributed by atoms with Crippen molar-refractivity contribution < 1.29 is 29.1 Å². The Morgan fingerprint density at radius 2 is 1.39 bits per heavy atom. The molecule has 0 amide bonds. The predicted molar refractivity (Wildman–Crippen MR) is 105 cm³/mol. The first-order valence-corrected chi connectivity index (χ1v) is 10.4. The van der Waals surface area contributed by atoms with Crippen molar-refractivity contribution in [3.05, 3.63) is 34.9 Å². The summed E-state index contributed by atoms with van der Waals surface area (Å²) < 4.78 is 5.35. The van der Waals surface area contributed by atoms with Crippen LogP contribution < -0.4 is 0 Å². The fourth-order valence-corrected chi connectivity index (χ4v) is 3.48. The minimum absolute atomic E-state index is 0.190. The first-order valence-electron chi connectivity index (χ1n) is 10.4. The van der Waals surface area contributed by atoms with Crippen LogP contribution in [0.1, 0.15) is 92.1 Å². The van der Waals surface area contributed by atoms with Crippen LogP contribution in [0.15, 0.2) is 18.2 Å². The molecule has 1 aromatic rings. The van der Waals surface area contributed by atoms with Gasteiger partial charge in [-0.3, -0.25) is 4.89 Å². The van der Waals surface area contributed by atoms with Crippen LogP contribution in [0.5, 0.6) is 0 Å². The van der Waals surface area contributed by atoms with Crippen LogP contribution in [0.4, 0.5) is 4.79 Å². The van der Waals surface area contributed by atoms with E-state index in [1.807, 2.05) is 19.1 Å². The van der Waals surface area contributed by atoms with Crippen molar-refractivity contribution in [1.29, 1.82) is 0 Å². The number of hydrogen-bond acceptors (Lipinski definition) is 6. The van der Waals surface area contributed by atoms with Crippen LogP contribution in [0.25, 0.3) is 0 Å². The molecule has 0 aliphatic heterocycles. The molecule has 6 heteroatoms. The molecule has 6 nitrogen and oxygen atoms in total. The molecule has 0 radical (unpaired) electrons. The smallest absolute Gasteiger partial charge is 0.429 e. The van der Waals surface area contributed by atoms with Crippen molar-refractivity contribution in [1.82, 2.24) is 0 Å². The number of carbonyl (C=O) groups excluding carboxylic acids is 2. The molecule has 2 rings (SSSR count). The molecular weight excluding hydrogens is 360 g/mol. The summed E-state index contributed by atoms with van der Waals surface area (Å²) in [5.74, 6) is -0.722. The van der Waals surface area contributed by atoms with Crippen LogP contribution in [0.2, 0.25) is 0 Å². The molecule has 0 aromatic heterocycles. The minimum Gasteiger partial charge on any atom is -0.429 e. The standard InChI is InChI=1S/C22H32O6/c1-17-14-15-18(2)20(16-17)21(23)26-28-27-22(24)25-19-12-10-8-6-4-3-5-7-9-11-13-19/h14-16,19H,3-13H2,1-2H3. The van der Waals surface area contributed by atoms with Crippen molar-refractivity contribution in [3.63, 3.8) is 0 Å². The highest BCUT2D eigenvalue weighted by molar-refractivity contribution is 5.90. The number of carbonyl (C=O) groups is 2. The van der Waals surface area contributed by atoms with Gasteiger partial charge in [0.05, 0.1) is 10.6 Å². The highest BCUT2D eigenvalue weighted by atomic mass is 17.5. The van der Waals surface area contributed by atoms with Crippen molar-refractivity contribution in [2.24, 2.45) is 0 Å². The Balaban J connectivity index is 1.73. The Morgan fingerprint density at radius 1 is 0.821 bits per heavy atom. The van der Waals surface area contributed by atoms with E-state index < -0.39 is 12.1 Å². The van der Waals surface area contributed by atoms with Crippen LogP contribution in [-0.2, 0) is 19.6 Å². The normalized spacial score (nSPS) is 17.1. The van der Waals surface area contributed by atoms with Crippen molar-refractivity contribution in [2.75, 3.05) is 0 Å². The Bertz CT molecular complexity index is 615. The summed E-state index contributed by atoms with van der Waals surface area (Å²) in [6.45, 7) is 3.66. The van der Waals surface area contributed by atoms with Gasteiger partial charge in [-0.05, 0) is 51.2 Å². The maximum absolute atomic E-state index is 12.0. The zero-order chi connectivity index (χ0) is 20.2. The van der Waals surface area contributed by atoms with E-state index in [4.69, 9.17) is 4.74 Å². The van der Waals surface area contributed by atoms with Gasteiger partial charge in [-0.25, -0.2) is 14.5 Å². The van der Waals surface area contributed by atoms with Crippen molar-refractivity contribution in [3.8, 4) is 0 Å². The SMILES string of the molecule is Cc1ccc(C)c(C(=O)OOOC(=O)OC2CCCCCCCCCCC2)c1. The van der Waals surface area contributed by atoms with Crippen LogP contribution in [0.3, 0.4) is 0 Å². The molecule has 28 heavy (non-hydrogen) atoms. The summed E-state index contributed by atoms with van der Waals surface area (Å²) in [4.78, 5) is 32.9. The van der Waals surface area contributed by atoms with E-state index >= 15 is 0 Å². The second kappa shape index (κ2) is 12.4. The molecule has 0 spiro atoms. The maximum Gasteiger partial charge on any atom is 0.543 e. The number of benzene rings is 1. The van der Waals surface area contributed by atoms with Gasteiger partial charge in [0.15, 0.2) is 0 Å². The lowest BCUT2D eigenvalue weighted by molar-refractivity contribution is -0.453. The fraction of sp³-hybridized carbons (Fsp3) is 0.636. The van der Waals surface area contributed by atoms with Crippen molar-refractivity contribution in [2.45, 2.75) is 90.6 Å². The lowest BCUT2D eigenvalue weighted by Crippen LogP contribution is -2.20. The van der Waals surface area contributed by atoms with Crippen LogP contribution in [-0.4, -0.2) is 18.2 Å². The zero-order valence-electron chi connectivity index (χ0n) is 17.0. The highest BCUT2D eigenvalue weighted by Crippen LogP contribution is 2.19. The summed E-state index contributed by atoms with van der Waals surface area (Å²) in [7, 11) is 0. The lowest BCUT2D eigenvalue weighted by Gasteiger charge is -2.17. The molecule has 1 aliphatic carbocycles. The Labute approximate surface area is 167 Å². The topological polar surface area (TPSA) is 71.1 Å². The Hall–Kier alpha value is -2.08. The molecule has 0 N–H and O–H groups in total. The van der Waals surface area contributed by atoms with Gasteiger partial charge < -0.3 is 4.74 Å². The van der Waals surface area contributed by atoms with Gasteiger partial charge in [0.2, 0.25) is 0 Å². The summed E-state index contributed by atoms with van der Waals surface area (Å²) in [6.07, 6.45) is 11.2. The monoisotopic (exact) mass is 392 g/mol. The van der Waals surface area contributed by atoms with Gasteiger partial charge in [-0.2, -0.15) is 0 Å². The number of rotatable bonds is 4. The van der Waals surface area contributed by atoms with Crippen LogP contribution in [0, 0.1) is 13.8 Å². The van der Waals surface area contributed by atoms with Gasteiger partial charge in [0.25, 0.3) is 0 Å². The molecule has 1 fully saturated rings. The molecule has 0 unspecified atom stereocenters. The summed E-state index contributed by atoms with van der Waals surface area (Å²) >= 11 is 0. The van der Waals surface area contributed by atoms with Gasteiger partial charge in [-0.1, -0.05) is 62.6 Å². The van der Waals surface area contributed by atoms with E-state index in [9.17, 15) is 9.59 Å². The molecule has 0 bridgehead atoms. The van der Waals surface area contributed by atoms with Crippen LogP contribution >= 0.6 is 0 Å². The summed E-state index contributed by atoms with van der Waals surface area (Å²) in [5, 5.41) is 4.36. The summed E-state index contributed by atoms with van der Waals surface area (Å²) in [6, 6.07) is 5.39. The first-order chi connectivity index (χ1) is 13.6. The first kappa shape index (κ1) is 22.2. The largest absolute Gasteiger partial charge is 0.543 e. The van der Waals surface area contributed by atoms with Gasteiger partial charge in [-0.15, -0.1) is 0 Å². The second-order valence-electron chi connectivity index (χ2n) is 7.59. The third-order valence-corrected chi connectivity index (χ3v) is 5.14. The predicted octanol–water partition coefficient (Wildman–Crippen LogP) is 6.13. The third kappa shape index (κ3) is 8.30. The van der Waals surface area contributed by atoms with E-state index in [0.717, 1.165) is 49.7 Å². The highest BCUT2D eigenvalue weighted by Gasteiger charge is 2.18. The average molecular weight is 392 g/mol. The zero-order valence-corrected chi connectivity index (χ0v) is 17.0. The molecule has 0 saturated heterocycles. The number of ether oxygens (including phenoxy) is 1. The van der Waals surface area contributed by atoms with Crippen molar-refractivity contribution >= 4 is 12.1 Å². The maximum atomic E-state index is 12.0. The average Bonchev–Trinajstić information content (AvgIpc) is 2.65. The molecule has 1 aromatic carbocycles. The molecule has 1 saturated carbocycles. The fourth-order valence-electron chi connectivity index (χ4n) is 3.48. The van der Waals surface area contributed by atoms with Gasteiger partial charge in [0.1, 0.15) is 6.10 Å². The van der Waals surface area contributed by atoms with E-state index in [1.165, 1.54) is 32.1 Å². The van der Waals surface area contributed by atoms with E-state index in [2.05, 4.69) is 14.8 Å². The van der Waals surface area contributed by atoms with E-state index in [0.29, 0.717) is 5.56 Å². The Kier molecular flexibility index (Phi) is 9.83. The second-order valence-corrected chi connectivity index (χ2v) is 7.59. The van der Waals surface area contributed by atoms with E-state index in [1.54, 1.807) is 13.0 Å². The van der Waals surface area contributed by atoms with Gasteiger partial charge in [0, 0.05) is 0 Å². The lowest BCUT2D eigenvalue weighted by atomic mass is 9.99. The molecule has 0 atom stereocenters. The molecule has 0 heterocycles. The number of hydrogen-bond donors (Lipinski definition) is 0. The minimum atomic E-state index is -0.981. The molecular formula is C22H32O6. The Morgan fingerprint density at radius 3 is 2.00 bits per heavy atom. The molecule has 1 aliphatic rings. The molecule has 156 valence electrons. The number of aryl methyl sites for hydroxylation is 2.